The molecule has 1 unspecified atom stereocenters. The third kappa shape index (κ3) is 1.76. The molecular weight excluding hydrogens is 268 g/mol. The zero-order chi connectivity index (χ0) is 11.1. The Morgan fingerprint density at radius 3 is 3.00 bits per heavy atom. The Kier molecular flexibility index (Phi) is 2.48. The van der Waals surface area contributed by atoms with Crippen molar-refractivity contribution in [3.8, 4) is 0 Å². The van der Waals surface area contributed by atoms with Crippen LogP contribution >= 0.6 is 15.9 Å². The molecule has 3 nitrogen and oxygen atoms in total. The molecular formula is C12H13BrN2O. The second-order valence-corrected chi connectivity index (χ2v) is 5.33. The quantitative estimate of drug-likeness (QED) is 0.893. The van der Waals surface area contributed by atoms with Crippen LogP contribution in [0.25, 0.3) is 0 Å². The lowest BCUT2D eigenvalue weighted by molar-refractivity contribution is -0.117. The minimum Gasteiger partial charge on any atom is -0.324 e. The van der Waals surface area contributed by atoms with E-state index in [0.29, 0.717) is 0 Å². The Labute approximate surface area is 103 Å². The van der Waals surface area contributed by atoms with Crippen LogP contribution in [-0.4, -0.2) is 12.5 Å². The first kappa shape index (κ1) is 10.3. The van der Waals surface area contributed by atoms with Crippen molar-refractivity contribution in [1.82, 2.24) is 5.32 Å². The number of nitrogens with one attached hydrogen (secondary N) is 2. The molecule has 1 aromatic carbocycles. The van der Waals surface area contributed by atoms with Crippen LogP contribution in [0.4, 0.5) is 5.69 Å². The summed E-state index contributed by atoms with van der Waals surface area (Å²) in [5, 5.41) is 6.25. The molecule has 3 rings (SSSR count). The Hall–Kier alpha value is -0.870. The SMILES string of the molecule is O=C1Nc2cccc(Br)c2C1NCC1CC1. The smallest absolute Gasteiger partial charge is 0.246 e. The molecule has 16 heavy (non-hydrogen) atoms. The minimum absolute atomic E-state index is 0.0579. The molecule has 1 fully saturated rings. The van der Waals surface area contributed by atoms with E-state index in [9.17, 15) is 4.79 Å². The van der Waals surface area contributed by atoms with E-state index in [1.165, 1.54) is 12.8 Å². The number of hydrogen-bond donors (Lipinski definition) is 2. The summed E-state index contributed by atoms with van der Waals surface area (Å²) in [6, 6.07) is 5.67. The lowest BCUT2D eigenvalue weighted by Gasteiger charge is -2.12. The number of rotatable bonds is 3. The first-order valence-electron chi connectivity index (χ1n) is 5.58. The van der Waals surface area contributed by atoms with Gasteiger partial charge < -0.3 is 10.6 Å². The fraction of sp³-hybridized carbons (Fsp3) is 0.417. The van der Waals surface area contributed by atoms with Crippen LogP contribution in [-0.2, 0) is 4.79 Å². The number of carbonyl (C=O) groups excluding carboxylic acids is 1. The van der Waals surface area contributed by atoms with Gasteiger partial charge in [-0.25, -0.2) is 0 Å². The fourth-order valence-corrected chi connectivity index (χ4v) is 2.67. The molecule has 4 heteroatoms. The average molecular weight is 281 g/mol. The van der Waals surface area contributed by atoms with Crippen LogP contribution in [0.2, 0.25) is 0 Å². The van der Waals surface area contributed by atoms with Gasteiger partial charge in [0.25, 0.3) is 0 Å². The molecule has 0 spiro atoms. The molecule has 1 atom stereocenters. The van der Waals surface area contributed by atoms with Crippen molar-refractivity contribution in [1.29, 1.82) is 0 Å². The summed E-state index contributed by atoms with van der Waals surface area (Å²) in [4.78, 5) is 11.8. The minimum atomic E-state index is -0.189. The van der Waals surface area contributed by atoms with Crippen LogP contribution in [0.15, 0.2) is 22.7 Å². The van der Waals surface area contributed by atoms with Crippen LogP contribution in [0.1, 0.15) is 24.4 Å². The van der Waals surface area contributed by atoms with E-state index < -0.39 is 0 Å². The molecule has 1 saturated carbocycles. The second-order valence-electron chi connectivity index (χ2n) is 4.47. The molecule has 1 aliphatic heterocycles. The van der Waals surface area contributed by atoms with Gasteiger partial charge in [-0.2, -0.15) is 0 Å². The standard InChI is InChI=1S/C12H13BrN2O/c13-8-2-1-3-9-10(8)11(12(16)15-9)14-6-7-4-5-7/h1-3,7,11,14H,4-6H2,(H,15,16). The number of carbonyl (C=O) groups is 1. The van der Waals surface area contributed by atoms with E-state index in [-0.39, 0.29) is 11.9 Å². The Morgan fingerprint density at radius 2 is 2.25 bits per heavy atom. The third-order valence-corrected chi connectivity index (χ3v) is 3.86. The number of amides is 1. The van der Waals surface area contributed by atoms with Gasteiger partial charge in [0.2, 0.25) is 5.91 Å². The summed E-state index contributed by atoms with van der Waals surface area (Å²) in [6.45, 7) is 0.943. The van der Waals surface area contributed by atoms with Gasteiger partial charge in [0, 0.05) is 15.7 Å². The van der Waals surface area contributed by atoms with Crippen molar-refractivity contribution in [2.45, 2.75) is 18.9 Å². The molecule has 1 amide bonds. The normalized spacial score (nSPS) is 23.1. The lowest BCUT2D eigenvalue weighted by Crippen LogP contribution is -2.29. The summed E-state index contributed by atoms with van der Waals surface area (Å²) in [5.41, 5.74) is 1.97. The van der Waals surface area contributed by atoms with Crippen molar-refractivity contribution in [2.24, 2.45) is 5.92 Å². The highest BCUT2D eigenvalue weighted by Gasteiger charge is 2.33. The Balaban J connectivity index is 1.85. The summed E-state index contributed by atoms with van der Waals surface area (Å²) >= 11 is 3.51. The van der Waals surface area contributed by atoms with E-state index in [4.69, 9.17) is 0 Å². The lowest BCUT2D eigenvalue weighted by atomic mass is 10.1. The zero-order valence-corrected chi connectivity index (χ0v) is 10.4. The molecule has 1 aliphatic carbocycles. The first-order chi connectivity index (χ1) is 7.75. The molecule has 0 saturated heterocycles. The topological polar surface area (TPSA) is 41.1 Å². The zero-order valence-electron chi connectivity index (χ0n) is 8.79. The number of fused-ring (bicyclic) bond motifs is 1. The number of hydrogen-bond acceptors (Lipinski definition) is 2. The van der Waals surface area contributed by atoms with E-state index in [0.717, 1.165) is 28.2 Å². The summed E-state index contributed by atoms with van der Waals surface area (Å²) in [5.74, 6) is 0.835. The van der Waals surface area contributed by atoms with Gasteiger partial charge in [0.05, 0.1) is 0 Å². The second kappa shape index (κ2) is 3.86. The summed E-state index contributed by atoms with van der Waals surface area (Å²) in [6.07, 6.45) is 2.59. The molecule has 1 heterocycles. The van der Waals surface area contributed by atoms with Gasteiger partial charge in [-0.1, -0.05) is 22.0 Å². The van der Waals surface area contributed by atoms with Crippen molar-refractivity contribution in [3.63, 3.8) is 0 Å². The highest BCUT2D eigenvalue weighted by atomic mass is 79.9. The number of anilines is 1. The number of halogens is 1. The van der Waals surface area contributed by atoms with Crippen LogP contribution in [0.3, 0.4) is 0 Å². The van der Waals surface area contributed by atoms with Gasteiger partial charge >= 0.3 is 0 Å². The maximum Gasteiger partial charge on any atom is 0.246 e. The van der Waals surface area contributed by atoms with Gasteiger partial charge in [-0.3, -0.25) is 4.79 Å². The molecule has 2 N–H and O–H groups in total. The van der Waals surface area contributed by atoms with E-state index >= 15 is 0 Å². The van der Waals surface area contributed by atoms with E-state index in [2.05, 4.69) is 26.6 Å². The molecule has 0 bridgehead atoms. The summed E-state index contributed by atoms with van der Waals surface area (Å²) in [7, 11) is 0. The first-order valence-corrected chi connectivity index (χ1v) is 6.37. The van der Waals surface area contributed by atoms with Crippen molar-refractivity contribution in [2.75, 3.05) is 11.9 Å². The Morgan fingerprint density at radius 1 is 1.44 bits per heavy atom. The van der Waals surface area contributed by atoms with Crippen LogP contribution in [0, 0.1) is 5.92 Å². The molecule has 1 aromatic rings. The van der Waals surface area contributed by atoms with E-state index in [1.807, 2.05) is 18.2 Å². The van der Waals surface area contributed by atoms with Crippen LogP contribution < -0.4 is 10.6 Å². The molecule has 84 valence electrons. The predicted octanol–water partition coefficient (Wildman–Crippen LogP) is 2.44. The van der Waals surface area contributed by atoms with Crippen molar-refractivity contribution >= 4 is 27.5 Å². The maximum absolute atomic E-state index is 11.8. The van der Waals surface area contributed by atoms with E-state index in [1.54, 1.807) is 0 Å². The molecule has 0 radical (unpaired) electrons. The fourth-order valence-electron chi connectivity index (χ4n) is 2.08. The molecule has 0 aromatic heterocycles. The highest BCUT2D eigenvalue weighted by molar-refractivity contribution is 9.10. The highest BCUT2D eigenvalue weighted by Crippen LogP contribution is 2.37. The van der Waals surface area contributed by atoms with Crippen LogP contribution in [0.5, 0.6) is 0 Å². The maximum atomic E-state index is 11.8. The largest absolute Gasteiger partial charge is 0.324 e. The number of benzene rings is 1. The third-order valence-electron chi connectivity index (χ3n) is 3.17. The summed E-state index contributed by atoms with van der Waals surface area (Å²) < 4.78 is 0.997. The van der Waals surface area contributed by atoms with Gasteiger partial charge in [-0.05, 0) is 37.4 Å². The average Bonchev–Trinajstić information content (AvgIpc) is 3.00. The van der Waals surface area contributed by atoms with Gasteiger partial charge in [0.15, 0.2) is 0 Å². The monoisotopic (exact) mass is 280 g/mol. The van der Waals surface area contributed by atoms with Crippen molar-refractivity contribution in [3.05, 3.63) is 28.2 Å². The predicted molar refractivity (Wildman–Crippen MR) is 66.2 cm³/mol. The molecule has 2 aliphatic rings. The van der Waals surface area contributed by atoms with Gasteiger partial charge in [0.1, 0.15) is 6.04 Å². The van der Waals surface area contributed by atoms with Crippen molar-refractivity contribution < 1.29 is 4.79 Å². The van der Waals surface area contributed by atoms with Gasteiger partial charge in [-0.15, -0.1) is 0 Å². The Bertz CT molecular complexity index is 443.